The first kappa shape index (κ1) is 12.8. The maximum atomic E-state index is 13.3. The predicted octanol–water partition coefficient (Wildman–Crippen LogP) is 1.92. The topological polar surface area (TPSA) is 42.1 Å². The minimum absolute atomic E-state index is 0.189. The van der Waals surface area contributed by atoms with Crippen molar-refractivity contribution in [2.45, 2.75) is 19.3 Å². The molecule has 3 nitrogen and oxygen atoms in total. The molecule has 0 atom stereocenters. The van der Waals surface area contributed by atoms with E-state index in [4.69, 9.17) is 5.73 Å². The van der Waals surface area contributed by atoms with Gasteiger partial charge in [-0.15, -0.1) is 0 Å². The number of unbranched alkanes of at least 4 members (excludes halogenated alkanes) is 2. The van der Waals surface area contributed by atoms with Gasteiger partial charge in [0.25, 0.3) is 0 Å². The summed E-state index contributed by atoms with van der Waals surface area (Å²) in [5, 5.41) is 0. The fourth-order valence-corrected chi connectivity index (χ4v) is 1.46. The number of anilines is 1. The molecule has 0 bridgehead atoms. The Kier molecular flexibility index (Phi) is 5.11. The van der Waals surface area contributed by atoms with Gasteiger partial charge in [-0.1, -0.05) is 6.42 Å². The molecule has 0 aromatic carbocycles. The molecule has 0 saturated carbocycles. The van der Waals surface area contributed by atoms with E-state index in [0.29, 0.717) is 13.1 Å². The van der Waals surface area contributed by atoms with Crippen molar-refractivity contribution >= 4 is 5.82 Å². The average molecular weight is 229 g/mol. The second kappa shape index (κ2) is 6.37. The molecule has 0 spiro atoms. The third-order valence-corrected chi connectivity index (χ3v) is 2.35. The molecule has 1 heterocycles. The molecular weight excluding hydrogens is 212 g/mol. The smallest absolute Gasteiger partial charge is 0.168 e. The summed E-state index contributed by atoms with van der Waals surface area (Å²) >= 11 is 0. The lowest BCUT2D eigenvalue weighted by molar-refractivity contribution is 0.567. The maximum absolute atomic E-state index is 13.3. The van der Waals surface area contributed by atoms with Gasteiger partial charge in [-0.3, -0.25) is 0 Å². The molecule has 0 amide bonds. The van der Waals surface area contributed by atoms with Gasteiger partial charge < -0.3 is 10.6 Å². The number of nitrogens with zero attached hydrogens (tertiary/aromatic N) is 2. The lowest BCUT2D eigenvalue weighted by Crippen LogP contribution is -2.21. The van der Waals surface area contributed by atoms with E-state index < -0.39 is 11.6 Å². The quantitative estimate of drug-likeness (QED) is 0.758. The van der Waals surface area contributed by atoms with E-state index >= 15 is 0 Å². The van der Waals surface area contributed by atoms with Crippen molar-refractivity contribution in [3.8, 4) is 0 Å². The number of halogens is 2. The SMILES string of the molecule is CN(CCCCCN)c1ncc(F)cc1F. The molecule has 1 aromatic heterocycles. The minimum Gasteiger partial charge on any atom is -0.357 e. The van der Waals surface area contributed by atoms with Crippen molar-refractivity contribution in [2.24, 2.45) is 5.73 Å². The lowest BCUT2D eigenvalue weighted by atomic mass is 10.2. The second-order valence-electron chi connectivity index (χ2n) is 3.73. The van der Waals surface area contributed by atoms with Crippen LogP contribution in [-0.4, -0.2) is 25.1 Å². The summed E-state index contributed by atoms with van der Waals surface area (Å²) in [6.07, 6.45) is 3.91. The van der Waals surface area contributed by atoms with Crippen LogP contribution in [0.3, 0.4) is 0 Å². The van der Waals surface area contributed by atoms with Gasteiger partial charge in [0.05, 0.1) is 6.20 Å². The van der Waals surface area contributed by atoms with E-state index in [0.717, 1.165) is 31.5 Å². The summed E-state index contributed by atoms with van der Waals surface area (Å²) in [6.45, 7) is 1.36. The number of rotatable bonds is 6. The Morgan fingerprint density at radius 2 is 2.06 bits per heavy atom. The number of aromatic nitrogens is 1. The first-order valence-electron chi connectivity index (χ1n) is 5.37. The summed E-state index contributed by atoms with van der Waals surface area (Å²) in [4.78, 5) is 5.41. The number of nitrogens with two attached hydrogens (primary N) is 1. The molecule has 0 saturated heterocycles. The molecule has 1 aromatic rings. The molecule has 90 valence electrons. The van der Waals surface area contributed by atoms with Crippen LogP contribution in [0.4, 0.5) is 14.6 Å². The fraction of sp³-hybridized carbons (Fsp3) is 0.545. The van der Waals surface area contributed by atoms with Crippen LogP contribution >= 0.6 is 0 Å². The summed E-state index contributed by atoms with van der Waals surface area (Å²) in [6, 6.07) is 0.846. The van der Waals surface area contributed by atoms with E-state index in [-0.39, 0.29) is 5.82 Å². The zero-order valence-corrected chi connectivity index (χ0v) is 9.42. The van der Waals surface area contributed by atoms with Crippen LogP contribution in [0.1, 0.15) is 19.3 Å². The first-order valence-corrected chi connectivity index (χ1v) is 5.37. The predicted molar refractivity (Wildman–Crippen MR) is 60.3 cm³/mol. The Hall–Kier alpha value is -1.23. The van der Waals surface area contributed by atoms with Crippen molar-refractivity contribution in [1.82, 2.24) is 4.98 Å². The summed E-state index contributed by atoms with van der Waals surface area (Å²) in [7, 11) is 1.74. The third kappa shape index (κ3) is 3.73. The maximum Gasteiger partial charge on any atom is 0.168 e. The normalized spacial score (nSPS) is 10.5. The van der Waals surface area contributed by atoms with E-state index in [9.17, 15) is 8.78 Å². The monoisotopic (exact) mass is 229 g/mol. The molecule has 2 N–H and O–H groups in total. The van der Waals surface area contributed by atoms with Gasteiger partial charge >= 0.3 is 0 Å². The highest BCUT2D eigenvalue weighted by molar-refractivity contribution is 5.38. The van der Waals surface area contributed by atoms with Crippen molar-refractivity contribution in [1.29, 1.82) is 0 Å². The van der Waals surface area contributed by atoms with Crippen LogP contribution in [0.2, 0.25) is 0 Å². The molecule has 0 aliphatic heterocycles. The summed E-state index contributed by atoms with van der Waals surface area (Å²) in [5.41, 5.74) is 5.37. The largest absolute Gasteiger partial charge is 0.357 e. The Bertz CT molecular complexity index is 331. The first-order chi connectivity index (χ1) is 7.65. The Morgan fingerprint density at radius 3 is 2.69 bits per heavy atom. The number of hydrogen-bond acceptors (Lipinski definition) is 3. The van der Waals surface area contributed by atoms with Crippen LogP contribution in [0, 0.1) is 11.6 Å². The highest BCUT2D eigenvalue weighted by atomic mass is 19.1. The van der Waals surface area contributed by atoms with Gasteiger partial charge in [0.15, 0.2) is 11.6 Å². The Balaban J connectivity index is 2.49. The molecular formula is C11H17F2N3. The van der Waals surface area contributed by atoms with Gasteiger partial charge in [-0.25, -0.2) is 13.8 Å². The Morgan fingerprint density at radius 1 is 1.31 bits per heavy atom. The molecule has 1 rings (SSSR count). The van der Waals surface area contributed by atoms with Crippen LogP contribution in [0.15, 0.2) is 12.3 Å². The van der Waals surface area contributed by atoms with E-state index in [1.807, 2.05) is 0 Å². The van der Waals surface area contributed by atoms with Gasteiger partial charge in [-0.2, -0.15) is 0 Å². The van der Waals surface area contributed by atoms with E-state index in [1.165, 1.54) is 0 Å². The number of pyridine rings is 1. The average Bonchev–Trinajstić information content (AvgIpc) is 2.24. The standard InChI is InChI=1S/C11H17F2N3/c1-16(6-4-2-3-5-14)11-10(13)7-9(12)8-15-11/h7-8H,2-6,14H2,1H3. The molecule has 0 radical (unpaired) electrons. The van der Waals surface area contributed by atoms with Crippen molar-refractivity contribution in [3.63, 3.8) is 0 Å². The van der Waals surface area contributed by atoms with Crippen molar-refractivity contribution in [3.05, 3.63) is 23.9 Å². The summed E-state index contributed by atoms with van der Waals surface area (Å²) < 4.78 is 25.9. The third-order valence-electron chi connectivity index (χ3n) is 2.35. The van der Waals surface area contributed by atoms with E-state index in [1.54, 1.807) is 11.9 Å². The molecule has 0 unspecified atom stereocenters. The van der Waals surface area contributed by atoms with Crippen molar-refractivity contribution in [2.75, 3.05) is 25.0 Å². The van der Waals surface area contributed by atoms with Crippen LogP contribution < -0.4 is 10.6 Å². The molecule has 16 heavy (non-hydrogen) atoms. The van der Waals surface area contributed by atoms with Crippen molar-refractivity contribution < 1.29 is 8.78 Å². The van der Waals surface area contributed by atoms with Gasteiger partial charge in [0.2, 0.25) is 0 Å². The van der Waals surface area contributed by atoms with Gasteiger partial charge in [0, 0.05) is 19.7 Å². The fourth-order valence-electron chi connectivity index (χ4n) is 1.46. The van der Waals surface area contributed by atoms with Gasteiger partial charge in [0.1, 0.15) is 5.82 Å². The zero-order chi connectivity index (χ0) is 12.0. The Labute approximate surface area is 94.3 Å². The minimum atomic E-state index is -0.655. The van der Waals surface area contributed by atoms with Crippen LogP contribution in [0.25, 0.3) is 0 Å². The highest BCUT2D eigenvalue weighted by Crippen LogP contribution is 2.15. The lowest BCUT2D eigenvalue weighted by Gasteiger charge is -2.18. The van der Waals surface area contributed by atoms with Crippen LogP contribution in [0.5, 0.6) is 0 Å². The van der Waals surface area contributed by atoms with E-state index in [2.05, 4.69) is 4.98 Å². The van der Waals surface area contributed by atoms with Crippen LogP contribution in [-0.2, 0) is 0 Å². The summed E-state index contributed by atoms with van der Waals surface area (Å²) in [5.74, 6) is -1.09. The molecule has 0 aliphatic rings. The molecule has 0 fully saturated rings. The number of hydrogen-bond donors (Lipinski definition) is 1. The molecule has 5 heteroatoms. The molecule has 0 aliphatic carbocycles. The zero-order valence-electron chi connectivity index (χ0n) is 9.42. The second-order valence-corrected chi connectivity index (χ2v) is 3.73. The highest BCUT2D eigenvalue weighted by Gasteiger charge is 2.09. The van der Waals surface area contributed by atoms with Gasteiger partial charge in [-0.05, 0) is 19.4 Å².